The molecule has 0 aliphatic carbocycles. The molecule has 0 spiro atoms. The molecule has 3 rings (SSSR count). The van der Waals surface area contributed by atoms with Gasteiger partial charge in [0.25, 0.3) is 0 Å². The lowest BCUT2D eigenvalue weighted by atomic mass is 10.0. The zero-order valence-corrected chi connectivity index (χ0v) is 12.9. The van der Waals surface area contributed by atoms with Crippen LogP contribution in [0.15, 0.2) is 23.0 Å². The van der Waals surface area contributed by atoms with Gasteiger partial charge in [-0.25, -0.2) is 4.79 Å². The first-order valence-electron chi connectivity index (χ1n) is 7.45. The Morgan fingerprint density at radius 1 is 1.23 bits per heavy atom. The Hall–Kier alpha value is -2.37. The van der Waals surface area contributed by atoms with Crippen LogP contribution in [0.25, 0.3) is 11.0 Å². The number of imide groups is 1. The summed E-state index contributed by atoms with van der Waals surface area (Å²) in [7, 11) is 1.72. The summed E-state index contributed by atoms with van der Waals surface area (Å²) >= 11 is 0. The van der Waals surface area contributed by atoms with Crippen molar-refractivity contribution in [2.24, 2.45) is 7.05 Å². The number of aromatic nitrogens is 2. The fraction of sp³-hybridized carbons (Fsp3) is 0.438. The molecular formula is C16H19N3O3. The topological polar surface area (TPSA) is 73.1 Å². The maximum Gasteiger partial charge on any atom is 0.329 e. The number of nitrogens with one attached hydrogen (secondary N) is 1. The van der Waals surface area contributed by atoms with E-state index in [-0.39, 0.29) is 23.9 Å². The van der Waals surface area contributed by atoms with Crippen LogP contribution in [-0.4, -0.2) is 20.9 Å². The van der Waals surface area contributed by atoms with E-state index in [0.29, 0.717) is 6.42 Å². The van der Waals surface area contributed by atoms with Gasteiger partial charge in [0.05, 0.1) is 11.0 Å². The number of fused-ring (bicyclic) bond motifs is 1. The van der Waals surface area contributed by atoms with E-state index in [1.807, 2.05) is 18.2 Å². The highest BCUT2D eigenvalue weighted by molar-refractivity contribution is 6.00. The van der Waals surface area contributed by atoms with E-state index in [9.17, 15) is 14.4 Å². The Kier molecular flexibility index (Phi) is 3.39. The summed E-state index contributed by atoms with van der Waals surface area (Å²) < 4.78 is 3.11. The number of carbonyl (C=O) groups is 2. The molecule has 6 nitrogen and oxygen atoms in total. The zero-order chi connectivity index (χ0) is 16.0. The molecule has 22 heavy (non-hydrogen) atoms. The molecule has 0 radical (unpaired) electrons. The van der Waals surface area contributed by atoms with E-state index >= 15 is 0 Å². The van der Waals surface area contributed by atoms with Crippen LogP contribution in [-0.2, 0) is 16.6 Å². The number of aryl methyl sites for hydroxylation is 1. The van der Waals surface area contributed by atoms with E-state index in [2.05, 4.69) is 19.2 Å². The number of nitrogens with zero attached hydrogens (tertiary/aromatic N) is 2. The standard InChI is InChI=1S/C16H19N3O3/c1-9(2)10-5-4-6-11-14(10)18(3)16(22)19(11)12-7-8-13(20)17-15(12)21/h4-6,9,12H,7-8H2,1-3H3,(H,17,20,21)/t12-/m1/s1. The van der Waals surface area contributed by atoms with Crippen molar-refractivity contribution in [1.29, 1.82) is 0 Å². The monoisotopic (exact) mass is 301 g/mol. The second-order valence-corrected chi connectivity index (χ2v) is 6.05. The fourth-order valence-electron chi connectivity index (χ4n) is 3.16. The highest BCUT2D eigenvalue weighted by atomic mass is 16.2. The average Bonchev–Trinajstić information content (AvgIpc) is 2.72. The van der Waals surface area contributed by atoms with Crippen LogP contribution >= 0.6 is 0 Å². The third-order valence-electron chi connectivity index (χ3n) is 4.28. The van der Waals surface area contributed by atoms with Crippen LogP contribution in [0.2, 0.25) is 0 Å². The molecule has 1 aliphatic rings. The molecule has 1 aliphatic heterocycles. The minimum absolute atomic E-state index is 0.224. The number of benzene rings is 1. The van der Waals surface area contributed by atoms with Crippen LogP contribution < -0.4 is 11.0 Å². The van der Waals surface area contributed by atoms with Gasteiger partial charge >= 0.3 is 5.69 Å². The Bertz CT molecular complexity index is 829. The molecule has 1 saturated heterocycles. The minimum atomic E-state index is -0.628. The van der Waals surface area contributed by atoms with Crippen LogP contribution in [0.1, 0.15) is 44.2 Å². The number of para-hydroxylation sites is 1. The maximum absolute atomic E-state index is 12.7. The quantitative estimate of drug-likeness (QED) is 0.853. The number of amides is 2. The van der Waals surface area contributed by atoms with Crippen molar-refractivity contribution in [2.45, 2.75) is 38.6 Å². The SMILES string of the molecule is CC(C)c1cccc2c1n(C)c(=O)n2[C@@H]1CCC(=O)NC1=O. The van der Waals surface area contributed by atoms with E-state index in [1.165, 1.54) is 4.57 Å². The summed E-state index contributed by atoms with van der Waals surface area (Å²) in [6.07, 6.45) is 0.610. The van der Waals surface area contributed by atoms with Gasteiger partial charge in [0.2, 0.25) is 11.8 Å². The first kappa shape index (κ1) is 14.6. The zero-order valence-electron chi connectivity index (χ0n) is 12.9. The summed E-state index contributed by atoms with van der Waals surface area (Å²) in [5, 5.41) is 2.32. The highest BCUT2D eigenvalue weighted by Crippen LogP contribution is 2.28. The van der Waals surface area contributed by atoms with Crippen molar-refractivity contribution in [3.05, 3.63) is 34.2 Å². The average molecular weight is 301 g/mol. The molecule has 0 bridgehead atoms. The third-order valence-corrected chi connectivity index (χ3v) is 4.28. The second kappa shape index (κ2) is 5.12. The molecule has 2 aromatic rings. The second-order valence-electron chi connectivity index (χ2n) is 6.05. The molecule has 1 atom stereocenters. The normalized spacial score (nSPS) is 19.0. The summed E-state index contributed by atoms with van der Waals surface area (Å²) in [5.41, 5.74) is 2.45. The minimum Gasteiger partial charge on any atom is -0.295 e. The predicted octanol–water partition coefficient (Wildman–Crippen LogP) is 1.44. The third kappa shape index (κ3) is 2.06. The number of piperidine rings is 1. The van der Waals surface area contributed by atoms with Crippen LogP contribution in [0, 0.1) is 0 Å². The van der Waals surface area contributed by atoms with E-state index < -0.39 is 11.9 Å². The van der Waals surface area contributed by atoms with Gasteiger partial charge in [-0.15, -0.1) is 0 Å². The van der Waals surface area contributed by atoms with Gasteiger partial charge in [0, 0.05) is 13.5 Å². The summed E-state index contributed by atoms with van der Waals surface area (Å²) in [4.78, 5) is 36.1. The van der Waals surface area contributed by atoms with E-state index in [4.69, 9.17) is 0 Å². The smallest absolute Gasteiger partial charge is 0.295 e. The molecule has 1 aromatic heterocycles. The van der Waals surface area contributed by atoms with Crippen molar-refractivity contribution in [3.8, 4) is 0 Å². The number of hydrogen-bond acceptors (Lipinski definition) is 3. The fourth-order valence-corrected chi connectivity index (χ4v) is 3.16. The summed E-state index contributed by atoms with van der Waals surface area (Å²) in [6.45, 7) is 4.14. The lowest BCUT2D eigenvalue weighted by Gasteiger charge is -2.22. The van der Waals surface area contributed by atoms with Gasteiger partial charge in [-0.1, -0.05) is 26.0 Å². The van der Waals surface area contributed by atoms with Crippen molar-refractivity contribution in [3.63, 3.8) is 0 Å². The Labute approximate surface area is 127 Å². The largest absolute Gasteiger partial charge is 0.329 e. The van der Waals surface area contributed by atoms with Crippen molar-refractivity contribution in [2.75, 3.05) is 0 Å². The van der Waals surface area contributed by atoms with E-state index in [1.54, 1.807) is 11.6 Å². The summed E-state index contributed by atoms with van der Waals surface area (Å²) in [5.74, 6) is -0.412. The van der Waals surface area contributed by atoms with Crippen LogP contribution in [0.3, 0.4) is 0 Å². The lowest BCUT2D eigenvalue weighted by Crippen LogP contribution is -2.44. The van der Waals surface area contributed by atoms with Crippen LogP contribution in [0.5, 0.6) is 0 Å². The lowest BCUT2D eigenvalue weighted by molar-refractivity contribution is -0.135. The van der Waals surface area contributed by atoms with Gasteiger partial charge in [-0.3, -0.25) is 24.0 Å². The van der Waals surface area contributed by atoms with E-state index in [0.717, 1.165) is 16.6 Å². The highest BCUT2D eigenvalue weighted by Gasteiger charge is 2.31. The van der Waals surface area contributed by atoms with Crippen molar-refractivity contribution in [1.82, 2.24) is 14.5 Å². The molecule has 0 saturated carbocycles. The van der Waals surface area contributed by atoms with Gasteiger partial charge in [-0.2, -0.15) is 0 Å². The Balaban J connectivity index is 2.25. The van der Waals surface area contributed by atoms with Gasteiger partial charge in [0.15, 0.2) is 0 Å². The molecule has 2 heterocycles. The van der Waals surface area contributed by atoms with Crippen LogP contribution in [0.4, 0.5) is 0 Å². The molecular weight excluding hydrogens is 282 g/mol. The molecule has 1 aromatic carbocycles. The number of carbonyl (C=O) groups excluding carboxylic acids is 2. The first-order valence-corrected chi connectivity index (χ1v) is 7.45. The van der Waals surface area contributed by atoms with Gasteiger partial charge in [-0.05, 0) is 24.0 Å². The molecule has 116 valence electrons. The predicted molar refractivity (Wildman–Crippen MR) is 82.7 cm³/mol. The Morgan fingerprint density at radius 3 is 2.59 bits per heavy atom. The first-order chi connectivity index (χ1) is 10.4. The molecule has 0 unspecified atom stereocenters. The van der Waals surface area contributed by atoms with Crippen molar-refractivity contribution < 1.29 is 9.59 Å². The maximum atomic E-state index is 12.7. The molecule has 1 N–H and O–H groups in total. The summed E-state index contributed by atoms with van der Waals surface area (Å²) in [6, 6.07) is 5.13. The van der Waals surface area contributed by atoms with Crippen molar-refractivity contribution >= 4 is 22.8 Å². The van der Waals surface area contributed by atoms with Gasteiger partial charge in [0.1, 0.15) is 6.04 Å². The Morgan fingerprint density at radius 2 is 1.95 bits per heavy atom. The molecule has 6 heteroatoms. The number of imidazole rings is 1. The van der Waals surface area contributed by atoms with Gasteiger partial charge < -0.3 is 0 Å². The number of rotatable bonds is 2. The number of hydrogen-bond donors (Lipinski definition) is 1. The molecule has 2 amide bonds. The molecule has 1 fully saturated rings.